The summed E-state index contributed by atoms with van der Waals surface area (Å²) >= 11 is 0. The third kappa shape index (κ3) is 2.20. The van der Waals surface area contributed by atoms with Crippen LogP contribution in [0.2, 0.25) is 0 Å². The molecule has 0 bridgehead atoms. The minimum Gasteiger partial charge on any atom is -0.317 e. The first-order chi connectivity index (χ1) is 7.09. The van der Waals surface area contributed by atoms with Crippen molar-refractivity contribution in [2.75, 3.05) is 13.1 Å². The summed E-state index contributed by atoms with van der Waals surface area (Å²) in [6.07, 6.45) is 4.22. The van der Waals surface area contributed by atoms with Crippen molar-refractivity contribution >= 4 is 0 Å². The Bertz CT molecular complexity index is 318. The zero-order valence-corrected chi connectivity index (χ0v) is 9.82. The van der Waals surface area contributed by atoms with E-state index in [-0.39, 0.29) is 5.41 Å². The standard InChI is InChI=1S/C11H20N4/c1-11(2,3)10-8-13-14-15(10)9-4-6-12-7-5-9/h8-9,12H,4-7H2,1-3H3. The molecule has 1 aliphatic rings. The van der Waals surface area contributed by atoms with Crippen LogP contribution in [-0.4, -0.2) is 28.1 Å². The Labute approximate surface area is 91.1 Å². The van der Waals surface area contributed by atoms with Crippen LogP contribution in [0.15, 0.2) is 6.20 Å². The van der Waals surface area contributed by atoms with Crippen molar-refractivity contribution in [3.05, 3.63) is 11.9 Å². The van der Waals surface area contributed by atoms with Crippen molar-refractivity contribution in [1.29, 1.82) is 0 Å². The summed E-state index contributed by atoms with van der Waals surface area (Å²) in [5, 5.41) is 11.7. The summed E-state index contributed by atoms with van der Waals surface area (Å²) in [4.78, 5) is 0. The lowest BCUT2D eigenvalue weighted by molar-refractivity contribution is 0.316. The molecule has 4 nitrogen and oxygen atoms in total. The Kier molecular flexibility index (Phi) is 2.78. The Morgan fingerprint density at radius 1 is 1.33 bits per heavy atom. The van der Waals surface area contributed by atoms with Crippen molar-refractivity contribution in [2.45, 2.75) is 45.1 Å². The van der Waals surface area contributed by atoms with Crippen LogP contribution in [0.3, 0.4) is 0 Å². The maximum absolute atomic E-state index is 4.25. The zero-order chi connectivity index (χ0) is 10.9. The normalized spacial score (nSPS) is 19.4. The molecule has 84 valence electrons. The van der Waals surface area contributed by atoms with Gasteiger partial charge in [0.1, 0.15) is 0 Å². The fourth-order valence-electron chi connectivity index (χ4n) is 2.10. The van der Waals surface area contributed by atoms with Crippen LogP contribution in [0.5, 0.6) is 0 Å². The average Bonchev–Trinajstić information content (AvgIpc) is 2.67. The lowest BCUT2D eigenvalue weighted by Gasteiger charge is -2.27. The number of aromatic nitrogens is 3. The highest BCUT2D eigenvalue weighted by Gasteiger charge is 2.25. The summed E-state index contributed by atoms with van der Waals surface area (Å²) in [5.74, 6) is 0. The quantitative estimate of drug-likeness (QED) is 0.760. The van der Waals surface area contributed by atoms with Gasteiger partial charge in [0, 0.05) is 5.41 Å². The van der Waals surface area contributed by atoms with E-state index in [4.69, 9.17) is 0 Å². The largest absolute Gasteiger partial charge is 0.317 e. The molecule has 0 unspecified atom stereocenters. The van der Waals surface area contributed by atoms with Gasteiger partial charge in [-0.15, -0.1) is 5.10 Å². The molecule has 0 radical (unpaired) electrons. The van der Waals surface area contributed by atoms with Crippen molar-refractivity contribution in [2.24, 2.45) is 0 Å². The second kappa shape index (κ2) is 3.93. The minimum atomic E-state index is 0.133. The van der Waals surface area contributed by atoms with E-state index in [1.807, 2.05) is 6.20 Å². The molecule has 2 heterocycles. The lowest BCUT2D eigenvalue weighted by Crippen LogP contribution is -2.32. The van der Waals surface area contributed by atoms with Gasteiger partial charge in [-0.05, 0) is 25.9 Å². The van der Waals surface area contributed by atoms with Crippen molar-refractivity contribution in [3.63, 3.8) is 0 Å². The lowest BCUT2D eigenvalue weighted by atomic mass is 9.92. The molecule has 0 aromatic carbocycles. The van der Waals surface area contributed by atoms with Gasteiger partial charge in [-0.2, -0.15) is 0 Å². The predicted octanol–water partition coefficient (Wildman–Crippen LogP) is 1.50. The molecule has 1 aromatic heterocycles. The van der Waals surface area contributed by atoms with Crippen LogP contribution in [0, 0.1) is 0 Å². The first-order valence-corrected chi connectivity index (χ1v) is 5.70. The van der Waals surface area contributed by atoms with Gasteiger partial charge in [0.15, 0.2) is 0 Å². The minimum absolute atomic E-state index is 0.133. The Morgan fingerprint density at radius 2 is 2.00 bits per heavy atom. The first-order valence-electron chi connectivity index (χ1n) is 5.70. The summed E-state index contributed by atoms with van der Waals surface area (Å²) in [6, 6.07) is 0.531. The van der Waals surface area contributed by atoms with Crippen molar-refractivity contribution in [3.8, 4) is 0 Å². The monoisotopic (exact) mass is 208 g/mol. The maximum atomic E-state index is 4.25. The van der Waals surface area contributed by atoms with Gasteiger partial charge in [0.05, 0.1) is 17.9 Å². The third-order valence-corrected chi connectivity index (χ3v) is 3.00. The van der Waals surface area contributed by atoms with E-state index in [0.29, 0.717) is 6.04 Å². The SMILES string of the molecule is CC(C)(C)c1cnnn1C1CCNCC1. The highest BCUT2D eigenvalue weighted by Crippen LogP contribution is 2.26. The molecule has 0 amide bonds. The summed E-state index contributed by atoms with van der Waals surface area (Å²) in [7, 11) is 0. The third-order valence-electron chi connectivity index (χ3n) is 3.00. The van der Waals surface area contributed by atoms with E-state index in [2.05, 4.69) is 41.1 Å². The molecule has 15 heavy (non-hydrogen) atoms. The highest BCUT2D eigenvalue weighted by molar-refractivity contribution is 5.09. The first kappa shape index (κ1) is 10.6. The van der Waals surface area contributed by atoms with Crippen LogP contribution in [0.25, 0.3) is 0 Å². The molecule has 0 saturated carbocycles. The number of nitrogens with one attached hydrogen (secondary N) is 1. The number of hydrogen-bond donors (Lipinski definition) is 1. The number of rotatable bonds is 1. The zero-order valence-electron chi connectivity index (χ0n) is 9.82. The number of piperidine rings is 1. The smallest absolute Gasteiger partial charge is 0.0730 e. The van der Waals surface area contributed by atoms with E-state index in [1.54, 1.807) is 0 Å². The molecule has 0 atom stereocenters. The Hall–Kier alpha value is -0.900. The average molecular weight is 208 g/mol. The van der Waals surface area contributed by atoms with Gasteiger partial charge in [-0.25, -0.2) is 4.68 Å². The molecule has 2 rings (SSSR count). The topological polar surface area (TPSA) is 42.7 Å². The van der Waals surface area contributed by atoms with E-state index in [0.717, 1.165) is 25.9 Å². The summed E-state index contributed by atoms with van der Waals surface area (Å²) in [6.45, 7) is 8.82. The van der Waals surface area contributed by atoms with E-state index in [9.17, 15) is 0 Å². The molecule has 0 aliphatic carbocycles. The molecule has 1 saturated heterocycles. The second-order valence-corrected chi connectivity index (χ2v) is 5.29. The van der Waals surface area contributed by atoms with E-state index in [1.165, 1.54) is 5.69 Å². The van der Waals surface area contributed by atoms with Gasteiger partial charge in [-0.1, -0.05) is 26.0 Å². The molecule has 4 heteroatoms. The molecule has 1 fully saturated rings. The molecule has 1 aromatic rings. The van der Waals surface area contributed by atoms with Gasteiger partial charge in [-0.3, -0.25) is 0 Å². The number of nitrogens with zero attached hydrogens (tertiary/aromatic N) is 3. The van der Waals surface area contributed by atoms with Crippen LogP contribution in [-0.2, 0) is 5.41 Å². The summed E-state index contributed by atoms with van der Waals surface area (Å²) < 4.78 is 2.13. The molecule has 1 aliphatic heterocycles. The second-order valence-electron chi connectivity index (χ2n) is 5.29. The van der Waals surface area contributed by atoms with Crippen LogP contribution in [0.1, 0.15) is 45.3 Å². The Balaban J connectivity index is 2.24. The van der Waals surface area contributed by atoms with E-state index < -0.39 is 0 Å². The summed E-state index contributed by atoms with van der Waals surface area (Å²) in [5.41, 5.74) is 1.38. The van der Waals surface area contributed by atoms with Crippen molar-refractivity contribution < 1.29 is 0 Å². The maximum Gasteiger partial charge on any atom is 0.0730 e. The molecule has 1 N–H and O–H groups in total. The Morgan fingerprint density at radius 3 is 2.60 bits per heavy atom. The van der Waals surface area contributed by atoms with Gasteiger partial charge in [0.25, 0.3) is 0 Å². The van der Waals surface area contributed by atoms with Gasteiger partial charge >= 0.3 is 0 Å². The van der Waals surface area contributed by atoms with Gasteiger partial charge in [0.2, 0.25) is 0 Å². The van der Waals surface area contributed by atoms with Crippen LogP contribution in [0.4, 0.5) is 0 Å². The fourth-order valence-corrected chi connectivity index (χ4v) is 2.10. The molecular weight excluding hydrogens is 188 g/mol. The molecular formula is C11H20N4. The number of hydrogen-bond acceptors (Lipinski definition) is 3. The van der Waals surface area contributed by atoms with E-state index >= 15 is 0 Å². The predicted molar refractivity (Wildman–Crippen MR) is 59.9 cm³/mol. The van der Waals surface area contributed by atoms with Crippen LogP contribution < -0.4 is 5.32 Å². The fraction of sp³-hybridized carbons (Fsp3) is 0.818. The highest BCUT2D eigenvalue weighted by atomic mass is 15.4. The molecule has 0 spiro atoms. The van der Waals surface area contributed by atoms with Crippen molar-refractivity contribution in [1.82, 2.24) is 20.3 Å². The van der Waals surface area contributed by atoms with Crippen LogP contribution >= 0.6 is 0 Å². The van der Waals surface area contributed by atoms with Gasteiger partial charge < -0.3 is 5.32 Å².